The number of hydrogen-bond donors (Lipinski definition) is 2. The van der Waals surface area contributed by atoms with Crippen molar-refractivity contribution in [2.24, 2.45) is 0 Å². The topological polar surface area (TPSA) is 82.0 Å². The summed E-state index contributed by atoms with van der Waals surface area (Å²) in [4.78, 5) is 23.6. The zero-order valence-electron chi connectivity index (χ0n) is 11.5. The predicted octanol–water partition coefficient (Wildman–Crippen LogP) is 3.18. The van der Waals surface area contributed by atoms with E-state index in [2.05, 4.69) is 10.6 Å². The van der Waals surface area contributed by atoms with E-state index in [0.29, 0.717) is 22.0 Å². The molecule has 2 N–H and O–H groups in total. The summed E-state index contributed by atoms with van der Waals surface area (Å²) in [6.07, 6.45) is -0.320. The van der Waals surface area contributed by atoms with Gasteiger partial charge in [0.2, 0.25) is 11.8 Å². The molecule has 5 nitrogen and oxygen atoms in total. The average Bonchev–Trinajstić information content (AvgIpc) is 2.49. The number of carbonyl (C=O) groups is 2. The molecule has 0 aliphatic heterocycles. The highest BCUT2D eigenvalue weighted by Crippen LogP contribution is 2.14. The summed E-state index contributed by atoms with van der Waals surface area (Å²) in [5.74, 6) is -0.891. The van der Waals surface area contributed by atoms with Crippen LogP contribution in [0.2, 0.25) is 5.02 Å². The minimum absolute atomic E-state index is 0.320. The molecular weight excluding hydrogens is 302 g/mol. The molecule has 0 atom stereocenters. The first-order chi connectivity index (χ1) is 10.6. The summed E-state index contributed by atoms with van der Waals surface area (Å²) in [6, 6.07) is 15.0. The molecule has 0 radical (unpaired) electrons. The second kappa shape index (κ2) is 7.25. The highest BCUT2D eigenvalue weighted by Gasteiger charge is 2.10. The molecule has 2 amide bonds. The standard InChI is InChI=1S/C16H12ClN3O2/c17-12-4-6-13(7-5-12)19-15(21)9-16(22)20-14-3-1-2-11(8-14)10-18/h1-8H,9H2,(H,19,21)(H,20,22). The third-order valence-corrected chi connectivity index (χ3v) is 2.98. The third kappa shape index (κ3) is 4.62. The van der Waals surface area contributed by atoms with Crippen LogP contribution in [0.3, 0.4) is 0 Å². The van der Waals surface area contributed by atoms with Gasteiger partial charge in [0, 0.05) is 16.4 Å². The quantitative estimate of drug-likeness (QED) is 0.850. The molecule has 0 aliphatic rings. The maximum atomic E-state index is 11.8. The van der Waals surface area contributed by atoms with Gasteiger partial charge in [0.15, 0.2) is 0 Å². The van der Waals surface area contributed by atoms with Crippen LogP contribution < -0.4 is 10.6 Å². The van der Waals surface area contributed by atoms with E-state index in [1.165, 1.54) is 6.07 Å². The van der Waals surface area contributed by atoms with Crippen molar-refractivity contribution >= 4 is 34.8 Å². The molecule has 6 heteroatoms. The molecule has 2 aromatic rings. The second-order valence-corrected chi connectivity index (χ2v) is 4.91. The fourth-order valence-electron chi connectivity index (χ4n) is 1.76. The van der Waals surface area contributed by atoms with Gasteiger partial charge in [-0.2, -0.15) is 5.26 Å². The number of anilines is 2. The lowest BCUT2D eigenvalue weighted by Crippen LogP contribution is -2.21. The Morgan fingerprint density at radius 3 is 2.27 bits per heavy atom. The van der Waals surface area contributed by atoms with E-state index in [9.17, 15) is 9.59 Å². The van der Waals surface area contributed by atoms with E-state index < -0.39 is 11.8 Å². The van der Waals surface area contributed by atoms with E-state index in [-0.39, 0.29) is 6.42 Å². The lowest BCUT2D eigenvalue weighted by atomic mass is 10.2. The van der Waals surface area contributed by atoms with Gasteiger partial charge < -0.3 is 10.6 Å². The summed E-state index contributed by atoms with van der Waals surface area (Å²) >= 11 is 5.75. The van der Waals surface area contributed by atoms with Crippen LogP contribution in [0.1, 0.15) is 12.0 Å². The number of halogens is 1. The zero-order chi connectivity index (χ0) is 15.9. The Balaban J connectivity index is 1.89. The first-order valence-electron chi connectivity index (χ1n) is 6.42. The third-order valence-electron chi connectivity index (χ3n) is 2.72. The number of nitrogens with zero attached hydrogens (tertiary/aromatic N) is 1. The Kier molecular flexibility index (Phi) is 5.12. The van der Waals surface area contributed by atoms with E-state index in [4.69, 9.17) is 16.9 Å². The molecule has 2 rings (SSSR count). The van der Waals surface area contributed by atoms with Crippen LogP contribution in [0.25, 0.3) is 0 Å². The fourth-order valence-corrected chi connectivity index (χ4v) is 1.88. The van der Waals surface area contributed by atoms with Gasteiger partial charge in [-0.15, -0.1) is 0 Å². The maximum Gasteiger partial charge on any atom is 0.233 e. The highest BCUT2D eigenvalue weighted by molar-refractivity contribution is 6.30. The number of hydrogen-bond acceptors (Lipinski definition) is 3. The van der Waals surface area contributed by atoms with Gasteiger partial charge in [0.1, 0.15) is 6.42 Å². The SMILES string of the molecule is N#Cc1cccc(NC(=O)CC(=O)Nc2ccc(Cl)cc2)c1. The highest BCUT2D eigenvalue weighted by atomic mass is 35.5. The van der Waals surface area contributed by atoms with Crippen LogP contribution >= 0.6 is 11.6 Å². The van der Waals surface area contributed by atoms with Crippen LogP contribution in [-0.4, -0.2) is 11.8 Å². The number of carbonyl (C=O) groups excluding carboxylic acids is 2. The lowest BCUT2D eigenvalue weighted by molar-refractivity contribution is -0.123. The minimum atomic E-state index is -0.457. The number of benzene rings is 2. The Bertz CT molecular complexity index is 736. The summed E-state index contributed by atoms with van der Waals surface area (Å²) < 4.78 is 0. The van der Waals surface area contributed by atoms with Crippen LogP contribution in [0.5, 0.6) is 0 Å². The van der Waals surface area contributed by atoms with Crippen molar-refractivity contribution < 1.29 is 9.59 Å². The molecule has 0 unspecified atom stereocenters. The van der Waals surface area contributed by atoms with E-state index in [1.54, 1.807) is 42.5 Å². The van der Waals surface area contributed by atoms with E-state index in [1.807, 2.05) is 6.07 Å². The first-order valence-corrected chi connectivity index (χ1v) is 6.80. The van der Waals surface area contributed by atoms with Gasteiger partial charge in [0.25, 0.3) is 0 Å². The Hall–Kier alpha value is -2.84. The molecule has 0 heterocycles. The van der Waals surface area contributed by atoms with Crippen molar-refractivity contribution in [1.29, 1.82) is 5.26 Å². The number of nitriles is 1. The van der Waals surface area contributed by atoms with Gasteiger partial charge in [-0.3, -0.25) is 9.59 Å². The first kappa shape index (κ1) is 15.5. The second-order valence-electron chi connectivity index (χ2n) is 4.47. The molecule has 22 heavy (non-hydrogen) atoms. The number of rotatable bonds is 4. The molecule has 0 saturated heterocycles. The van der Waals surface area contributed by atoms with Crippen molar-refractivity contribution in [3.63, 3.8) is 0 Å². The molecule has 0 aromatic heterocycles. The number of nitrogens with one attached hydrogen (secondary N) is 2. The molecule has 0 bridgehead atoms. The van der Waals surface area contributed by atoms with Crippen molar-refractivity contribution in [2.75, 3.05) is 10.6 Å². The average molecular weight is 314 g/mol. The molecule has 2 aromatic carbocycles. The normalized spacial score (nSPS) is 9.64. The van der Waals surface area contributed by atoms with Gasteiger partial charge in [-0.1, -0.05) is 17.7 Å². The summed E-state index contributed by atoms with van der Waals surface area (Å²) in [6.45, 7) is 0. The van der Waals surface area contributed by atoms with Crippen LogP contribution in [0.4, 0.5) is 11.4 Å². The number of amides is 2. The van der Waals surface area contributed by atoms with Crippen LogP contribution in [0.15, 0.2) is 48.5 Å². The van der Waals surface area contributed by atoms with Gasteiger partial charge in [-0.05, 0) is 42.5 Å². The van der Waals surface area contributed by atoms with Crippen molar-refractivity contribution in [3.8, 4) is 6.07 Å². The molecule has 0 saturated carbocycles. The maximum absolute atomic E-state index is 11.8. The van der Waals surface area contributed by atoms with Crippen molar-refractivity contribution in [1.82, 2.24) is 0 Å². The van der Waals surface area contributed by atoms with E-state index >= 15 is 0 Å². The largest absolute Gasteiger partial charge is 0.326 e. The Morgan fingerprint density at radius 2 is 1.64 bits per heavy atom. The smallest absolute Gasteiger partial charge is 0.233 e. The summed E-state index contributed by atoms with van der Waals surface area (Å²) in [7, 11) is 0. The summed E-state index contributed by atoms with van der Waals surface area (Å²) in [5, 5.41) is 14.5. The summed E-state index contributed by atoms with van der Waals surface area (Å²) in [5.41, 5.74) is 1.47. The van der Waals surface area contributed by atoms with Crippen LogP contribution in [-0.2, 0) is 9.59 Å². The zero-order valence-corrected chi connectivity index (χ0v) is 12.2. The molecule has 110 valence electrons. The fraction of sp³-hybridized carbons (Fsp3) is 0.0625. The molecular formula is C16H12ClN3O2. The van der Waals surface area contributed by atoms with Crippen molar-refractivity contribution in [2.45, 2.75) is 6.42 Å². The minimum Gasteiger partial charge on any atom is -0.326 e. The molecule has 0 aliphatic carbocycles. The predicted molar refractivity (Wildman–Crippen MR) is 84.5 cm³/mol. The van der Waals surface area contributed by atoms with Gasteiger partial charge >= 0.3 is 0 Å². The Labute approximate surface area is 132 Å². The van der Waals surface area contributed by atoms with Crippen molar-refractivity contribution in [3.05, 3.63) is 59.1 Å². The molecule has 0 fully saturated rings. The van der Waals surface area contributed by atoms with E-state index in [0.717, 1.165) is 0 Å². The van der Waals surface area contributed by atoms with Gasteiger partial charge in [-0.25, -0.2) is 0 Å². The Morgan fingerprint density at radius 1 is 1.00 bits per heavy atom. The molecule has 0 spiro atoms. The lowest BCUT2D eigenvalue weighted by Gasteiger charge is -2.07. The van der Waals surface area contributed by atoms with Gasteiger partial charge in [0.05, 0.1) is 11.6 Å². The van der Waals surface area contributed by atoms with Crippen LogP contribution in [0, 0.1) is 11.3 Å². The monoisotopic (exact) mass is 313 g/mol.